The van der Waals surface area contributed by atoms with Crippen LogP contribution in [0.4, 0.5) is 0 Å². The number of nitrogens with zero attached hydrogens (tertiary/aromatic N) is 1. The van der Waals surface area contributed by atoms with E-state index >= 15 is 0 Å². The molecule has 0 aromatic heterocycles. The fourth-order valence-corrected chi connectivity index (χ4v) is 4.40. The molecule has 2 atom stereocenters. The molecule has 2 aliphatic rings. The SMILES string of the molecule is CC1CN(C2CCCS(=O)(=O)C2)CCC1=O. The molecular formula is C11H19NO3S. The molecular weight excluding hydrogens is 226 g/mol. The van der Waals surface area contributed by atoms with E-state index in [0.29, 0.717) is 18.0 Å². The third kappa shape index (κ3) is 2.63. The third-order valence-electron chi connectivity index (χ3n) is 3.66. The highest BCUT2D eigenvalue weighted by molar-refractivity contribution is 7.91. The predicted molar refractivity (Wildman–Crippen MR) is 62.0 cm³/mol. The lowest BCUT2D eigenvalue weighted by Crippen LogP contribution is -2.49. The molecule has 0 N–H and O–H groups in total. The van der Waals surface area contributed by atoms with Crippen molar-refractivity contribution in [3.63, 3.8) is 0 Å². The van der Waals surface area contributed by atoms with Crippen LogP contribution < -0.4 is 0 Å². The van der Waals surface area contributed by atoms with Crippen LogP contribution in [0.3, 0.4) is 0 Å². The molecule has 2 heterocycles. The number of rotatable bonds is 1. The van der Waals surface area contributed by atoms with Crippen LogP contribution in [0, 0.1) is 5.92 Å². The predicted octanol–water partition coefficient (Wildman–Crippen LogP) is 0.474. The van der Waals surface area contributed by atoms with E-state index in [9.17, 15) is 13.2 Å². The summed E-state index contributed by atoms with van der Waals surface area (Å²) >= 11 is 0. The minimum Gasteiger partial charge on any atom is -0.299 e. The maximum Gasteiger partial charge on any atom is 0.151 e. The van der Waals surface area contributed by atoms with Crippen molar-refractivity contribution < 1.29 is 13.2 Å². The zero-order valence-corrected chi connectivity index (χ0v) is 10.5. The second-order valence-corrected chi connectivity index (χ2v) is 7.25. The van der Waals surface area contributed by atoms with Gasteiger partial charge in [0.25, 0.3) is 0 Å². The lowest BCUT2D eigenvalue weighted by Gasteiger charge is -2.38. The van der Waals surface area contributed by atoms with E-state index in [-0.39, 0.29) is 17.7 Å². The van der Waals surface area contributed by atoms with Crippen LogP contribution in [-0.4, -0.2) is 49.7 Å². The molecule has 2 aliphatic heterocycles. The minimum atomic E-state index is -2.84. The van der Waals surface area contributed by atoms with Crippen molar-refractivity contribution in [2.75, 3.05) is 24.6 Å². The van der Waals surface area contributed by atoms with E-state index in [1.807, 2.05) is 6.92 Å². The van der Waals surface area contributed by atoms with Gasteiger partial charge in [-0.1, -0.05) is 6.92 Å². The number of hydrogen-bond donors (Lipinski definition) is 0. The molecule has 0 saturated carbocycles. The number of carbonyl (C=O) groups is 1. The molecule has 0 spiro atoms. The first-order chi connectivity index (χ1) is 7.48. The van der Waals surface area contributed by atoms with Crippen LogP contribution in [-0.2, 0) is 14.6 Å². The summed E-state index contributed by atoms with van der Waals surface area (Å²) in [5.41, 5.74) is 0. The smallest absolute Gasteiger partial charge is 0.151 e. The van der Waals surface area contributed by atoms with Crippen molar-refractivity contribution in [3.05, 3.63) is 0 Å². The molecule has 2 unspecified atom stereocenters. The molecule has 0 aromatic rings. The normalized spacial score (nSPS) is 36.2. The van der Waals surface area contributed by atoms with Gasteiger partial charge in [0, 0.05) is 31.5 Å². The fraction of sp³-hybridized carbons (Fsp3) is 0.909. The second kappa shape index (κ2) is 4.45. The molecule has 2 saturated heterocycles. The molecule has 0 amide bonds. The van der Waals surface area contributed by atoms with Crippen LogP contribution in [0.25, 0.3) is 0 Å². The largest absolute Gasteiger partial charge is 0.299 e. The lowest BCUT2D eigenvalue weighted by molar-refractivity contribution is -0.126. The zero-order chi connectivity index (χ0) is 11.8. The molecule has 0 radical (unpaired) electrons. The number of sulfone groups is 1. The summed E-state index contributed by atoms with van der Waals surface area (Å²) in [4.78, 5) is 13.6. The standard InChI is InChI=1S/C11H19NO3S/c1-9-7-12(5-4-11(9)13)10-3-2-6-16(14,15)8-10/h9-10H,2-8H2,1H3. The van der Waals surface area contributed by atoms with Gasteiger partial charge >= 0.3 is 0 Å². The summed E-state index contributed by atoms with van der Waals surface area (Å²) in [6, 6.07) is 0.147. The number of likely N-dealkylation sites (tertiary alicyclic amines) is 1. The van der Waals surface area contributed by atoms with Gasteiger partial charge in [0.15, 0.2) is 9.84 Å². The second-order valence-electron chi connectivity index (χ2n) is 5.02. The molecule has 2 fully saturated rings. The Morgan fingerprint density at radius 2 is 2.12 bits per heavy atom. The Bertz CT molecular complexity index is 377. The van der Waals surface area contributed by atoms with E-state index in [4.69, 9.17) is 0 Å². The maximum absolute atomic E-state index is 11.6. The van der Waals surface area contributed by atoms with E-state index in [1.165, 1.54) is 0 Å². The number of Topliss-reactive ketones (excluding diaryl/α,β-unsaturated/α-hetero) is 1. The van der Waals surface area contributed by atoms with Crippen LogP contribution >= 0.6 is 0 Å². The van der Waals surface area contributed by atoms with Crippen LogP contribution in [0.1, 0.15) is 26.2 Å². The molecule has 0 aromatic carbocycles. The summed E-state index contributed by atoms with van der Waals surface area (Å²) in [5.74, 6) is 1.01. The lowest BCUT2D eigenvalue weighted by atomic mass is 9.96. The third-order valence-corrected chi connectivity index (χ3v) is 5.46. The van der Waals surface area contributed by atoms with Crippen molar-refractivity contribution in [2.24, 2.45) is 5.92 Å². The highest BCUT2D eigenvalue weighted by Crippen LogP contribution is 2.22. The van der Waals surface area contributed by atoms with Gasteiger partial charge in [-0.3, -0.25) is 9.69 Å². The Labute approximate surface area is 96.9 Å². The zero-order valence-electron chi connectivity index (χ0n) is 9.68. The van der Waals surface area contributed by atoms with Crippen LogP contribution in [0.15, 0.2) is 0 Å². The van der Waals surface area contributed by atoms with E-state index in [1.54, 1.807) is 0 Å². The van der Waals surface area contributed by atoms with Gasteiger partial charge in [0.2, 0.25) is 0 Å². The Morgan fingerprint density at radius 3 is 2.75 bits per heavy atom. The molecule has 4 nitrogen and oxygen atoms in total. The van der Waals surface area contributed by atoms with Crippen LogP contribution in [0.2, 0.25) is 0 Å². The topological polar surface area (TPSA) is 54.5 Å². The molecule has 2 rings (SSSR count). The summed E-state index contributed by atoms with van der Waals surface area (Å²) in [5, 5.41) is 0. The van der Waals surface area contributed by atoms with Gasteiger partial charge < -0.3 is 0 Å². The summed E-state index contributed by atoms with van der Waals surface area (Å²) in [6.45, 7) is 3.41. The highest BCUT2D eigenvalue weighted by atomic mass is 32.2. The number of hydrogen-bond acceptors (Lipinski definition) is 4. The quantitative estimate of drug-likeness (QED) is 0.674. The molecule has 0 bridgehead atoms. The van der Waals surface area contributed by atoms with Crippen molar-refractivity contribution in [3.8, 4) is 0 Å². The van der Waals surface area contributed by atoms with Gasteiger partial charge in [-0.15, -0.1) is 0 Å². The molecule has 5 heteroatoms. The van der Waals surface area contributed by atoms with Gasteiger partial charge in [-0.25, -0.2) is 8.42 Å². The Hall–Kier alpha value is -0.420. The van der Waals surface area contributed by atoms with Crippen LogP contribution in [0.5, 0.6) is 0 Å². The fourth-order valence-electron chi connectivity index (χ4n) is 2.66. The average molecular weight is 245 g/mol. The molecule has 0 aliphatic carbocycles. The monoisotopic (exact) mass is 245 g/mol. The first kappa shape index (κ1) is 12.0. The minimum absolute atomic E-state index is 0.0679. The average Bonchev–Trinajstić information content (AvgIpc) is 2.20. The van der Waals surface area contributed by atoms with Crippen molar-refractivity contribution in [1.29, 1.82) is 0 Å². The maximum atomic E-state index is 11.6. The highest BCUT2D eigenvalue weighted by Gasteiger charge is 2.33. The van der Waals surface area contributed by atoms with Crippen molar-refractivity contribution in [2.45, 2.75) is 32.2 Å². The van der Waals surface area contributed by atoms with E-state index in [0.717, 1.165) is 25.9 Å². The summed E-state index contributed by atoms with van der Waals surface area (Å²) in [7, 11) is -2.84. The van der Waals surface area contributed by atoms with Gasteiger partial charge in [-0.2, -0.15) is 0 Å². The van der Waals surface area contributed by atoms with Gasteiger partial charge in [-0.05, 0) is 12.8 Å². The Balaban J connectivity index is 2.00. The van der Waals surface area contributed by atoms with Crippen molar-refractivity contribution >= 4 is 15.6 Å². The van der Waals surface area contributed by atoms with Gasteiger partial charge in [0.1, 0.15) is 5.78 Å². The van der Waals surface area contributed by atoms with Crippen molar-refractivity contribution in [1.82, 2.24) is 4.90 Å². The molecule has 16 heavy (non-hydrogen) atoms. The first-order valence-corrected chi connectivity index (χ1v) is 7.77. The van der Waals surface area contributed by atoms with E-state index in [2.05, 4.69) is 4.90 Å². The number of ketones is 1. The summed E-state index contributed by atoms with van der Waals surface area (Å²) < 4.78 is 23.1. The Kier molecular flexibility index (Phi) is 3.35. The first-order valence-electron chi connectivity index (χ1n) is 5.95. The number of piperidine rings is 1. The Morgan fingerprint density at radius 1 is 1.38 bits per heavy atom. The van der Waals surface area contributed by atoms with E-state index < -0.39 is 9.84 Å². The summed E-state index contributed by atoms with van der Waals surface area (Å²) in [6.07, 6.45) is 2.31. The van der Waals surface area contributed by atoms with Gasteiger partial charge in [0.05, 0.1) is 11.5 Å². The molecule has 92 valence electrons. The number of carbonyl (C=O) groups excluding carboxylic acids is 1.